The van der Waals surface area contributed by atoms with Crippen LogP contribution < -0.4 is 10.2 Å². The molecule has 0 saturated heterocycles. The van der Waals surface area contributed by atoms with Crippen LogP contribution in [-0.2, 0) is 11.2 Å². The Hall–Kier alpha value is -3.37. The first-order chi connectivity index (χ1) is 13.6. The van der Waals surface area contributed by atoms with Crippen molar-refractivity contribution in [3.63, 3.8) is 0 Å². The summed E-state index contributed by atoms with van der Waals surface area (Å²) in [5.41, 5.74) is 1.41. The Labute approximate surface area is 166 Å². The van der Waals surface area contributed by atoms with Gasteiger partial charge in [-0.2, -0.15) is 0 Å². The van der Waals surface area contributed by atoms with Crippen molar-refractivity contribution in [2.24, 2.45) is 0 Å². The molecule has 3 aromatic carbocycles. The van der Waals surface area contributed by atoms with Crippen molar-refractivity contribution in [2.45, 2.75) is 6.42 Å². The molecule has 4 rings (SSSR count). The van der Waals surface area contributed by atoms with Crippen molar-refractivity contribution in [1.29, 1.82) is 0 Å². The summed E-state index contributed by atoms with van der Waals surface area (Å²) in [4.78, 5) is 25.5. The number of halogens is 1. The van der Waals surface area contributed by atoms with E-state index < -0.39 is 11.4 Å². The molecule has 1 heterocycles. The fourth-order valence-electron chi connectivity index (χ4n) is 2.92. The molecule has 0 aliphatic carbocycles. The zero-order chi connectivity index (χ0) is 19.5. The summed E-state index contributed by atoms with van der Waals surface area (Å²) >= 11 is 5.96. The Morgan fingerprint density at radius 2 is 1.57 bits per heavy atom. The number of ether oxygens (including phenoxy) is 1. The molecule has 0 amide bonds. The van der Waals surface area contributed by atoms with Gasteiger partial charge in [0.1, 0.15) is 5.58 Å². The maximum absolute atomic E-state index is 13.0. The molecule has 0 N–H and O–H groups in total. The van der Waals surface area contributed by atoms with E-state index in [2.05, 4.69) is 0 Å². The summed E-state index contributed by atoms with van der Waals surface area (Å²) in [6.45, 7) is 0. The van der Waals surface area contributed by atoms with Gasteiger partial charge in [-0.3, -0.25) is 9.59 Å². The summed E-state index contributed by atoms with van der Waals surface area (Å²) in [6.07, 6.45) is 0.0488. The molecule has 0 saturated carbocycles. The van der Waals surface area contributed by atoms with E-state index in [-0.39, 0.29) is 17.9 Å². The van der Waals surface area contributed by atoms with E-state index >= 15 is 0 Å². The first kappa shape index (κ1) is 18.0. The van der Waals surface area contributed by atoms with E-state index in [1.807, 2.05) is 30.3 Å². The molecule has 0 bridgehead atoms. The Kier molecular flexibility index (Phi) is 4.96. The van der Waals surface area contributed by atoms with E-state index in [4.69, 9.17) is 20.8 Å². The summed E-state index contributed by atoms with van der Waals surface area (Å²) in [5, 5.41) is 0.900. The molecule has 0 unspecified atom stereocenters. The predicted molar refractivity (Wildman–Crippen MR) is 109 cm³/mol. The zero-order valence-electron chi connectivity index (χ0n) is 14.7. The van der Waals surface area contributed by atoms with Gasteiger partial charge in [-0.1, -0.05) is 54.1 Å². The minimum Gasteiger partial charge on any atom is -0.452 e. The molecule has 138 valence electrons. The average molecular weight is 391 g/mol. The van der Waals surface area contributed by atoms with Crippen molar-refractivity contribution in [3.05, 3.63) is 99.7 Å². The highest BCUT2D eigenvalue weighted by atomic mass is 35.5. The number of para-hydroxylation sites is 1. The second-order valence-corrected chi connectivity index (χ2v) is 6.67. The summed E-state index contributed by atoms with van der Waals surface area (Å²) in [7, 11) is 0. The van der Waals surface area contributed by atoms with E-state index in [0.717, 1.165) is 5.56 Å². The molecule has 0 aliphatic heterocycles. The lowest BCUT2D eigenvalue weighted by Gasteiger charge is -2.11. The van der Waals surface area contributed by atoms with Gasteiger partial charge in [-0.25, -0.2) is 0 Å². The Balaban J connectivity index is 1.80. The largest absolute Gasteiger partial charge is 0.452 e. The van der Waals surface area contributed by atoms with Gasteiger partial charge < -0.3 is 9.15 Å². The third kappa shape index (κ3) is 3.68. The van der Waals surface area contributed by atoms with Crippen LogP contribution in [0.3, 0.4) is 0 Å². The van der Waals surface area contributed by atoms with E-state index in [9.17, 15) is 9.59 Å². The fraction of sp³-hybridized carbons (Fsp3) is 0.0435. The van der Waals surface area contributed by atoms with Crippen molar-refractivity contribution in [1.82, 2.24) is 0 Å². The Bertz CT molecular complexity index is 1190. The minimum atomic E-state index is -0.538. The van der Waals surface area contributed by atoms with Crippen molar-refractivity contribution in [3.8, 4) is 17.1 Å². The number of hydrogen-bond donors (Lipinski definition) is 0. The number of carbonyl (C=O) groups excluding carboxylic acids is 1. The van der Waals surface area contributed by atoms with E-state index in [0.29, 0.717) is 21.6 Å². The number of hydrogen-bond acceptors (Lipinski definition) is 4. The molecule has 0 atom stereocenters. The number of carbonyl (C=O) groups is 1. The number of esters is 1. The van der Waals surface area contributed by atoms with Gasteiger partial charge in [0, 0.05) is 10.6 Å². The molecule has 4 aromatic rings. The van der Waals surface area contributed by atoms with Crippen LogP contribution in [0, 0.1) is 0 Å². The zero-order valence-corrected chi connectivity index (χ0v) is 15.5. The Morgan fingerprint density at radius 1 is 0.893 bits per heavy atom. The highest BCUT2D eigenvalue weighted by Crippen LogP contribution is 2.31. The first-order valence-electron chi connectivity index (χ1n) is 8.68. The number of rotatable bonds is 4. The van der Waals surface area contributed by atoms with E-state index in [1.54, 1.807) is 48.5 Å². The van der Waals surface area contributed by atoms with Crippen LogP contribution in [0.15, 0.2) is 88.1 Å². The molecule has 0 radical (unpaired) electrons. The number of benzene rings is 3. The molecule has 0 spiro atoms. The molecular weight excluding hydrogens is 376 g/mol. The second-order valence-electron chi connectivity index (χ2n) is 6.23. The maximum Gasteiger partial charge on any atom is 0.315 e. The van der Waals surface area contributed by atoms with Gasteiger partial charge in [0.15, 0.2) is 5.76 Å². The lowest BCUT2D eigenvalue weighted by molar-refractivity contribution is -0.133. The fourth-order valence-corrected chi connectivity index (χ4v) is 3.05. The van der Waals surface area contributed by atoms with Crippen LogP contribution >= 0.6 is 11.6 Å². The maximum atomic E-state index is 13.0. The second kappa shape index (κ2) is 7.71. The lowest BCUT2D eigenvalue weighted by atomic mass is 10.1. The van der Waals surface area contributed by atoms with Crippen LogP contribution in [0.2, 0.25) is 5.02 Å². The normalized spacial score (nSPS) is 10.8. The quantitative estimate of drug-likeness (QED) is 0.446. The van der Waals surface area contributed by atoms with Crippen LogP contribution in [0.4, 0.5) is 0 Å². The van der Waals surface area contributed by atoms with Crippen LogP contribution in [0.5, 0.6) is 5.75 Å². The lowest BCUT2D eigenvalue weighted by Crippen LogP contribution is -2.17. The SMILES string of the molecule is O=C(Cc1ccccc1)Oc1c(-c2ccc(Cl)cc2)oc2ccccc2c1=O. The number of fused-ring (bicyclic) bond motifs is 1. The van der Waals surface area contributed by atoms with Crippen LogP contribution in [0.1, 0.15) is 5.56 Å². The highest BCUT2D eigenvalue weighted by Gasteiger charge is 2.20. The van der Waals surface area contributed by atoms with Gasteiger partial charge >= 0.3 is 5.97 Å². The summed E-state index contributed by atoms with van der Waals surface area (Å²) in [5.74, 6) is -0.465. The highest BCUT2D eigenvalue weighted by molar-refractivity contribution is 6.30. The van der Waals surface area contributed by atoms with E-state index in [1.165, 1.54) is 0 Å². The molecular formula is C23H15ClO4. The molecule has 5 heteroatoms. The molecule has 1 aromatic heterocycles. The van der Waals surface area contributed by atoms with Gasteiger partial charge in [-0.05, 0) is 42.0 Å². The van der Waals surface area contributed by atoms with Gasteiger partial charge in [0.2, 0.25) is 11.2 Å². The minimum absolute atomic E-state index is 0.0488. The molecule has 0 aliphatic rings. The summed E-state index contributed by atoms with van der Waals surface area (Å²) in [6, 6.07) is 22.8. The summed E-state index contributed by atoms with van der Waals surface area (Å²) < 4.78 is 11.4. The third-order valence-electron chi connectivity index (χ3n) is 4.27. The third-order valence-corrected chi connectivity index (χ3v) is 4.52. The first-order valence-corrected chi connectivity index (χ1v) is 9.06. The Morgan fingerprint density at radius 3 is 2.32 bits per heavy atom. The van der Waals surface area contributed by atoms with Crippen molar-refractivity contribution >= 4 is 28.5 Å². The monoisotopic (exact) mass is 390 g/mol. The standard InChI is InChI=1S/C23H15ClO4/c24-17-12-10-16(11-13-17)22-23(21(26)18-8-4-5-9-19(18)27-22)28-20(25)14-15-6-2-1-3-7-15/h1-13H,14H2. The van der Waals surface area contributed by atoms with Crippen LogP contribution in [0.25, 0.3) is 22.3 Å². The molecule has 4 nitrogen and oxygen atoms in total. The molecule has 28 heavy (non-hydrogen) atoms. The smallest absolute Gasteiger partial charge is 0.315 e. The van der Waals surface area contributed by atoms with Gasteiger partial charge in [0.25, 0.3) is 0 Å². The average Bonchev–Trinajstić information content (AvgIpc) is 2.71. The molecule has 0 fully saturated rings. The van der Waals surface area contributed by atoms with Crippen LogP contribution in [-0.4, -0.2) is 5.97 Å². The predicted octanol–water partition coefficient (Wildman–Crippen LogP) is 5.26. The van der Waals surface area contributed by atoms with Gasteiger partial charge in [-0.15, -0.1) is 0 Å². The van der Waals surface area contributed by atoms with Crippen molar-refractivity contribution in [2.75, 3.05) is 0 Å². The van der Waals surface area contributed by atoms with Gasteiger partial charge in [0.05, 0.1) is 11.8 Å². The van der Waals surface area contributed by atoms with Crippen molar-refractivity contribution < 1.29 is 13.9 Å². The topological polar surface area (TPSA) is 56.5 Å².